The zero-order valence-corrected chi connectivity index (χ0v) is 10.3. The molecule has 0 bridgehead atoms. The molecule has 3 N–H and O–H groups in total. The standard InChI is InChI=1S/C14H18N2O/c1-8-6-7-11(17-2)14-12(8)13-9(15)4-3-5-10(13)16-14/h6-7,9,16H,3-5,15H2,1-2H3. The maximum absolute atomic E-state index is 6.26. The zero-order chi connectivity index (χ0) is 12.0. The number of benzene rings is 1. The SMILES string of the molecule is COc1ccc(C)c2c3c([nH]c12)CCCC3N. The number of hydrogen-bond acceptors (Lipinski definition) is 2. The van der Waals surface area contributed by atoms with Gasteiger partial charge in [0, 0.05) is 17.1 Å². The molecule has 1 unspecified atom stereocenters. The smallest absolute Gasteiger partial charge is 0.142 e. The normalized spacial score (nSPS) is 19.4. The average Bonchev–Trinajstić information content (AvgIpc) is 2.71. The Morgan fingerprint density at radius 2 is 2.24 bits per heavy atom. The van der Waals surface area contributed by atoms with Crippen LogP contribution in [0.25, 0.3) is 10.9 Å². The second-order valence-corrected chi connectivity index (χ2v) is 4.85. The lowest BCUT2D eigenvalue weighted by atomic mass is 9.90. The van der Waals surface area contributed by atoms with Crippen LogP contribution in [0.3, 0.4) is 0 Å². The number of aromatic amines is 1. The first-order chi connectivity index (χ1) is 8.22. The first-order valence-corrected chi connectivity index (χ1v) is 6.16. The molecule has 0 spiro atoms. The van der Waals surface area contributed by atoms with E-state index in [-0.39, 0.29) is 6.04 Å². The summed E-state index contributed by atoms with van der Waals surface area (Å²) < 4.78 is 5.42. The molecule has 1 heterocycles. The second kappa shape index (κ2) is 3.77. The Hall–Kier alpha value is -1.48. The number of aromatic nitrogens is 1. The van der Waals surface area contributed by atoms with Crippen molar-refractivity contribution in [1.29, 1.82) is 0 Å². The molecule has 3 nitrogen and oxygen atoms in total. The van der Waals surface area contributed by atoms with E-state index >= 15 is 0 Å². The van der Waals surface area contributed by atoms with Crippen molar-refractivity contribution in [2.24, 2.45) is 5.73 Å². The zero-order valence-electron chi connectivity index (χ0n) is 10.3. The Bertz CT molecular complexity index is 571. The summed E-state index contributed by atoms with van der Waals surface area (Å²) in [6.07, 6.45) is 3.35. The van der Waals surface area contributed by atoms with Crippen LogP contribution < -0.4 is 10.5 Å². The minimum atomic E-state index is 0.165. The fraction of sp³-hybridized carbons (Fsp3) is 0.429. The minimum Gasteiger partial charge on any atom is -0.495 e. The second-order valence-electron chi connectivity index (χ2n) is 4.85. The molecule has 2 aromatic rings. The third-order valence-electron chi connectivity index (χ3n) is 3.78. The van der Waals surface area contributed by atoms with E-state index in [2.05, 4.69) is 18.0 Å². The lowest BCUT2D eigenvalue weighted by Crippen LogP contribution is -2.16. The molecule has 1 aromatic heterocycles. The van der Waals surface area contributed by atoms with Gasteiger partial charge in [-0.2, -0.15) is 0 Å². The predicted octanol–water partition coefficient (Wildman–Crippen LogP) is 2.82. The third kappa shape index (κ3) is 1.46. The molecule has 1 aliphatic carbocycles. The Morgan fingerprint density at radius 1 is 1.41 bits per heavy atom. The van der Waals surface area contributed by atoms with Crippen molar-refractivity contribution in [3.8, 4) is 5.75 Å². The molecule has 0 saturated carbocycles. The number of ether oxygens (including phenoxy) is 1. The van der Waals surface area contributed by atoms with E-state index in [9.17, 15) is 0 Å². The Kier molecular flexibility index (Phi) is 2.37. The van der Waals surface area contributed by atoms with Crippen LogP contribution in [-0.2, 0) is 6.42 Å². The molecule has 1 aromatic carbocycles. The Balaban J connectivity index is 2.38. The lowest BCUT2D eigenvalue weighted by molar-refractivity contribution is 0.419. The molecule has 1 aliphatic rings. The third-order valence-corrected chi connectivity index (χ3v) is 3.78. The van der Waals surface area contributed by atoms with Gasteiger partial charge in [-0.25, -0.2) is 0 Å². The van der Waals surface area contributed by atoms with Crippen molar-refractivity contribution in [2.45, 2.75) is 32.2 Å². The topological polar surface area (TPSA) is 51.0 Å². The highest BCUT2D eigenvalue weighted by Gasteiger charge is 2.24. The number of hydrogen-bond donors (Lipinski definition) is 2. The number of H-pyrrole nitrogens is 1. The van der Waals surface area contributed by atoms with Crippen molar-refractivity contribution in [1.82, 2.24) is 4.98 Å². The summed E-state index contributed by atoms with van der Waals surface area (Å²) in [7, 11) is 1.71. The number of fused-ring (bicyclic) bond motifs is 3. The van der Waals surface area contributed by atoms with Crippen LogP contribution in [0.1, 0.15) is 35.7 Å². The van der Waals surface area contributed by atoms with Gasteiger partial charge in [0.15, 0.2) is 0 Å². The molecule has 0 amide bonds. The summed E-state index contributed by atoms with van der Waals surface area (Å²) in [5.74, 6) is 0.909. The fourth-order valence-corrected chi connectivity index (χ4v) is 2.95. The Morgan fingerprint density at radius 3 is 3.00 bits per heavy atom. The molecule has 90 valence electrons. The maximum Gasteiger partial charge on any atom is 0.142 e. The van der Waals surface area contributed by atoms with Gasteiger partial charge in [-0.15, -0.1) is 0 Å². The molecule has 3 heteroatoms. The Labute approximate surface area is 101 Å². The first-order valence-electron chi connectivity index (χ1n) is 6.16. The van der Waals surface area contributed by atoms with Gasteiger partial charge in [0.05, 0.1) is 12.6 Å². The van der Waals surface area contributed by atoms with Crippen molar-refractivity contribution >= 4 is 10.9 Å². The number of methoxy groups -OCH3 is 1. The fourth-order valence-electron chi connectivity index (χ4n) is 2.95. The average molecular weight is 230 g/mol. The summed E-state index contributed by atoms with van der Waals surface area (Å²) in [6.45, 7) is 2.14. The first kappa shape index (κ1) is 10.7. The van der Waals surface area contributed by atoms with Crippen LogP contribution >= 0.6 is 0 Å². The highest BCUT2D eigenvalue weighted by atomic mass is 16.5. The van der Waals surface area contributed by atoms with Crippen molar-refractivity contribution in [3.63, 3.8) is 0 Å². The number of nitrogens with two attached hydrogens (primary N) is 1. The summed E-state index contributed by atoms with van der Waals surface area (Å²) in [6, 6.07) is 4.29. The number of nitrogens with one attached hydrogen (secondary N) is 1. The summed E-state index contributed by atoms with van der Waals surface area (Å²) in [5, 5.41) is 1.27. The summed E-state index contributed by atoms with van der Waals surface area (Å²) in [4.78, 5) is 3.50. The minimum absolute atomic E-state index is 0.165. The molecule has 3 rings (SSSR count). The van der Waals surface area contributed by atoms with E-state index < -0.39 is 0 Å². The van der Waals surface area contributed by atoms with Gasteiger partial charge >= 0.3 is 0 Å². The van der Waals surface area contributed by atoms with Crippen LogP contribution in [0.15, 0.2) is 12.1 Å². The van der Waals surface area contributed by atoms with Gasteiger partial charge < -0.3 is 15.5 Å². The maximum atomic E-state index is 6.26. The lowest BCUT2D eigenvalue weighted by Gasteiger charge is -2.19. The van der Waals surface area contributed by atoms with Gasteiger partial charge in [0.2, 0.25) is 0 Å². The van der Waals surface area contributed by atoms with Crippen molar-refractivity contribution in [3.05, 3.63) is 29.0 Å². The molecular weight excluding hydrogens is 212 g/mol. The van der Waals surface area contributed by atoms with Crippen LogP contribution in [0.5, 0.6) is 5.75 Å². The largest absolute Gasteiger partial charge is 0.495 e. The van der Waals surface area contributed by atoms with E-state index in [4.69, 9.17) is 10.5 Å². The molecule has 0 aliphatic heterocycles. The van der Waals surface area contributed by atoms with Crippen LogP contribution in [-0.4, -0.2) is 12.1 Å². The van der Waals surface area contributed by atoms with Crippen molar-refractivity contribution in [2.75, 3.05) is 7.11 Å². The molecule has 0 fully saturated rings. The van der Waals surface area contributed by atoms with Crippen molar-refractivity contribution < 1.29 is 4.74 Å². The van der Waals surface area contributed by atoms with Gasteiger partial charge in [0.25, 0.3) is 0 Å². The highest BCUT2D eigenvalue weighted by molar-refractivity contribution is 5.93. The van der Waals surface area contributed by atoms with Gasteiger partial charge in [-0.05, 0) is 43.4 Å². The van der Waals surface area contributed by atoms with E-state index in [0.717, 1.165) is 24.1 Å². The summed E-state index contributed by atoms with van der Waals surface area (Å²) >= 11 is 0. The van der Waals surface area contributed by atoms with Gasteiger partial charge in [-0.1, -0.05) is 6.07 Å². The van der Waals surface area contributed by atoms with Crippen LogP contribution in [0.2, 0.25) is 0 Å². The quantitative estimate of drug-likeness (QED) is 0.791. The van der Waals surface area contributed by atoms with E-state index in [0.29, 0.717) is 0 Å². The van der Waals surface area contributed by atoms with Crippen LogP contribution in [0, 0.1) is 6.92 Å². The number of aryl methyl sites for hydroxylation is 2. The monoisotopic (exact) mass is 230 g/mol. The van der Waals surface area contributed by atoms with E-state index in [1.807, 2.05) is 6.07 Å². The highest BCUT2D eigenvalue weighted by Crippen LogP contribution is 2.39. The van der Waals surface area contributed by atoms with E-state index in [1.165, 1.54) is 28.6 Å². The van der Waals surface area contributed by atoms with E-state index in [1.54, 1.807) is 7.11 Å². The predicted molar refractivity (Wildman–Crippen MR) is 69.5 cm³/mol. The molecule has 0 saturated heterocycles. The van der Waals surface area contributed by atoms with Gasteiger partial charge in [-0.3, -0.25) is 0 Å². The van der Waals surface area contributed by atoms with Crippen LogP contribution in [0.4, 0.5) is 0 Å². The molecular formula is C14H18N2O. The number of rotatable bonds is 1. The molecule has 1 atom stereocenters. The molecule has 0 radical (unpaired) electrons. The molecule has 17 heavy (non-hydrogen) atoms. The van der Waals surface area contributed by atoms with Gasteiger partial charge in [0.1, 0.15) is 5.75 Å². The summed E-state index contributed by atoms with van der Waals surface area (Å²) in [5.41, 5.74) is 11.2.